The monoisotopic (exact) mass is 344 g/mol. The second-order valence-corrected chi connectivity index (χ2v) is 6.50. The van der Waals surface area contributed by atoms with Crippen molar-refractivity contribution in [2.75, 3.05) is 0 Å². The van der Waals surface area contributed by atoms with Crippen molar-refractivity contribution in [1.29, 1.82) is 0 Å². The number of nitrogens with one attached hydrogen (secondary N) is 1. The Kier molecular flexibility index (Phi) is 2.99. The van der Waals surface area contributed by atoms with E-state index in [1.165, 1.54) is 0 Å². The van der Waals surface area contributed by atoms with Crippen LogP contribution in [0.4, 0.5) is 0 Å². The van der Waals surface area contributed by atoms with Gasteiger partial charge in [-0.3, -0.25) is 4.40 Å². The van der Waals surface area contributed by atoms with Crippen molar-refractivity contribution in [2.45, 2.75) is 0 Å². The van der Waals surface area contributed by atoms with Crippen LogP contribution in [-0.4, -0.2) is 9.38 Å². The third-order valence-electron chi connectivity index (χ3n) is 4.61. The van der Waals surface area contributed by atoms with Crippen molar-refractivity contribution in [3.8, 4) is 11.1 Å². The van der Waals surface area contributed by atoms with Crippen LogP contribution >= 0.6 is 11.6 Å². The Morgan fingerprint density at radius 1 is 0.840 bits per heavy atom. The van der Waals surface area contributed by atoms with Gasteiger partial charge in [-0.25, -0.2) is 4.79 Å². The molecule has 3 nitrogen and oxygen atoms in total. The normalized spacial score (nSPS) is 11.6. The lowest BCUT2D eigenvalue weighted by Crippen LogP contribution is -2.15. The summed E-state index contributed by atoms with van der Waals surface area (Å²) < 4.78 is 1.76. The summed E-state index contributed by atoms with van der Waals surface area (Å²) in [6, 6.07) is 23.6. The Balaban J connectivity index is 2.13. The van der Waals surface area contributed by atoms with E-state index in [9.17, 15) is 4.79 Å². The van der Waals surface area contributed by atoms with E-state index >= 15 is 0 Å². The highest BCUT2D eigenvalue weighted by Crippen LogP contribution is 2.38. The number of rotatable bonds is 1. The Morgan fingerprint density at radius 2 is 1.60 bits per heavy atom. The van der Waals surface area contributed by atoms with E-state index in [0.29, 0.717) is 5.02 Å². The van der Waals surface area contributed by atoms with Gasteiger partial charge in [0.15, 0.2) is 0 Å². The van der Waals surface area contributed by atoms with Crippen molar-refractivity contribution < 1.29 is 0 Å². The van der Waals surface area contributed by atoms with E-state index < -0.39 is 0 Å². The van der Waals surface area contributed by atoms with E-state index in [-0.39, 0.29) is 5.69 Å². The molecule has 0 aliphatic rings. The summed E-state index contributed by atoms with van der Waals surface area (Å²) in [5, 5.41) is 2.72. The Labute approximate surface area is 148 Å². The molecule has 0 radical (unpaired) electrons. The quantitative estimate of drug-likeness (QED) is 0.443. The molecule has 4 heteroatoms. The van der Waals surface area contributed by atoms with Crippen molar-refractivity contribution >= 4 is 38.9 Å². The SMILES string of the molecule is O=c1[nH]c2ccccc2c2c(-c3cccc(Cl)c3)c3ccccc3n12. The summed E-state index contributed by atoms with van der Waals surface area (Å²) in [4.78, 5) is 15.8. The number of hydrogen-bond donors (Lipinski definition) is 1. The smallest absolute Gasteiger partial charge is 0.307 e. The largest absolute Gasteiger partial charge is 0.331 e. The first-order valence-electron chi connectivity index (χ1n) is 8.04. The fraction of sp³-hybridized carbons (Fsp3) is 0. The maximum absolute atomic E-state index is 12.8. The topological polar surface area (TPSA) is 37.3 Å². The molecule has 5 rings (SSSR count). The first kappa shape index (κ1) is 14.3. The predicted molar refractivity (Wildman–Crippen MR) is 103 cm³/mol. The van der Waals surface area contributed by atoms with E-state index in [1.807, 2.05) is 72.8 Å². The van der Waals surface area contributed by atoms with Gasteiger partial charge in [0, 0.05) is 21.4 Å². The molecule has 0 aliphatic carbocycles. The summed E-state index contributed by atoms with van der Waals surface area (Å²) >= 11 is 6.24. The number of H-pyrrole nitrogens is 1. The third-order valence-corrected chi connectivity index (χ3v) is 4.85. The minimum absolute atomic E-state index is 0.141. The fourth-order valence-corrected chi connectivity index (χ4v) is 3.80. The van der Waals surface area contributed by atoms with Gasteiger partial charge >= 0.3 is 5.69 Å². The average Bonchev–Trinajstić information content (AvgIpc) is 2.98. The van der Waals surface area contributed by atoms with Crippen LogP contribution in [0, 0.1) is 0 Å². The fourth-order valence-electron chi connectivity index (χ4n) is 3.61. The third kappa shape index (κ3) is 2.03. The molecule has 3 aromatic carbocycles. The van der Waals surface area contributed by atoms with Gasteiger partial charge in [-0.1, -0.05) is 60.1 Å². The highest BCUT2D eigenvalue weighted by atomic mass is 35.5. The standard InChI is InChI=1S/C21H13ClN2O/c22-14-7-5-6-13(12-14)19-16-9-2-4-11-18(16)24-20(19)15-8-1-3-10-17(15)23-21(24)25/h1-12H,(H,23,25). The van der Waals surface area contributed by atoms with Gasteiger partial charge in [0.2, 0.25) is 0 Å². The molecule has 0 fully saturated rings. The number of halogens is 1. The van der Waals surface area contributed by atoms with E-state index in [4.69, 9.17) is 11.6 Å². The van der Waals surface area contributed by atoms with Crippen LogP contribution in [0.2, 0.25) is 5.02 Å². The summed E-state index contributed by atoms with van der Waals surface area (Å²) in [7, 11) is 0. The molecule has 0 spiro atoms. The van der Waals surface area contributed by atoms with Gasteiger partial charge in [0.1, 0.15) is 0 Å². The molecule has 1 N–H and O–H groups in total. The van der Waals surface area contributed by atoms with Crippen LogP contribution < -0.4 is 5.69 Å². The number of aromatic nitrogens is 2. The molecule has 0 unspecified atom stereocenters. The molecule has 25 heavy (non-hydrogen) atoms. The summed E-state index contributed by atoms with van der Waals surface area (Å²) in [6.45, 7) is 0. The Bertz CT molecular complexity index is 1330. The second kappa shape index (κ2) is 5.23. The molecule has 120 valence electrons. The van der Waals surface area contributed by atoms with Crippen molar-refractivity contribution in [1.82, 2.24) is 9.38 Å². The van der Waals surface area contributed by atoms with Crippen LogP contribution in [0.25, 0.3) is 38.4 Å². The first-order chi connectivity index (χ1) is 12.2. The zero-order valence-electron chi connectivity index (χ0n) is 13.2. The summed E-state index contributed by atoms with van der Waals surface area (Å²) in [6.07, 6.45) is 0. The molecule has 5 aromatic rings. The minimum Gasteiger partial charge on any atom is -0.307 e. The van der Waals surface area contributed by atoms with Crippen LogP contribution in [0.15, 0.2) is 77.6 Å². The maximum Gasteiger partial charge on any atom is 0.331 e. The molecule has 0 saturated carbocycles. The molecule has 0 aliphatic heterocycles. The molecule has 2 heterocycles. The number of hydrogen-bond acceptors (Lipinski definition) is 1. The van der Waals surface area contributed by atoms with E-state index in [0.717, 1.165) is 38.4 Å². The van der Waals surface area contributed by atoms with Gasteiger partial charge in [-0.2, -0.15) is 0 Å². The van der Waals surface area contributed by atoms with Crippen molar-refractivity contribution in [3.05, 3.63) is 88.3 Å². The number of nitrogens with zero attached hydrogens (tertiary/aromatic N) is 1. The van der Waals surface area contributed by atoms with E-state index in [2.05, 4.69) is 4.98 Å². The molecular weight excluding hydrogens is 332 g/mol. The highest BCUT2D eigenvalue weighted by molar-refractivity contribution is 6.31. The van der Waals surface area contributed by atoms with Crippen molar-refractivity contribution in [2.24, 2.45) is 0 Å². The van der Waals surface area contributed by atoms with Crippen LogP contribution in [0.3, 0.4) is 0 Å². The molecule has 0 atom stereocenters. The van der Waals surface area contributed by atoms with Gasteiger partial charge in [0.05, 0.1) is 16.6 Å². The van der Waals surface area contributed by atoms with Gasteiger partial charge < -0.3 is 4.98 Å². The molecule has 0 bridgehead atoms. The van der Waals surface area contributed by atoms with Gasteiger partial charge in [0.25, 0.3) is 0 Å². The lowest BCUT2D eigenvalue weighted by Gasteiger charge is -2.06. The number of para-hydroxylation sites is 2. The minimum atomic E-state index is -0.141. The van der Waals surface area contributed by atoms with Gasteiger partial charge in [-0.15, -0.1) is 0 Å². The molecule has 0 amide bonds. The lowest BCUT2D eigenvalue weighted by atomic mass is 10.0. The maximum atomic E-state index is 12.8. The number of fused-ring (bicyclic) bond motifs is 5. The zero-order chi connectivity index (χ0) is 17.0. The van der Waals surface area contributed by atoms with Crippen molar-refractivity contribution in [3.63, 3.8) is 0 Å². The Hall–Kier alpha value is -3.04. The summed E-state index contributed by atoms with van der Waals surface area (Å²) in [5.74, 6) is 0. The molecule has 0 saturated heterocycles. The average molecular weight is 345 g/mol. The lowest BCUT2D eigenvalue weighted by molar-refractivity contribution is 1.07. The predicted octanol–water partition coefficient (Wildman–Crippen LogP) is 5.25. The van der Waals surface area contributed by atoms with E-state index in [1.54, 1.807) is 4.40 Å². The highest BCUT2D eigenvalue weighted by Gasteiger charge is 2.18. The van der Waals surface area contributed by atoms with Gasteiger partial charge in [-0.05, 0) is 29.8 Å². The Morgan fingerprint density at radius 3 is 2.44 bits per heavy atom. The van der Waals surface area contributed by atoms with Crippen LogP contribution in [0.5, 0.6) is 0 Å². The zero-order valence-corrected chi connectivity index (χ0v) is 13.9. The van der Waals surface area contributed by atoms with Crippen LogP contribution in [0.1, 0.15) is 0 Å². The number of aromatic amines is 1. The van der Waals surface area contributed by atoms with Crippen LogP contribution in [-0.2, 0) is 0 Å². The molecule has 2 aromatic heterocycles. The molecular formula is C21H13ClN2O. The second-order valence-electron chi connectivity index (χ2n) is 6.06. The first-order valence-corrected chi connectivity index (χ1v) is 8.42. The summed E-state index contributed by atoms with van der Waals surface area (Å²) in [5.41, 5.74) is 4.51. The number of benzene rings is 3.